The van der Waals surface area contributed by atoms with Gasteiger partial charge in [-0.2, -0.15) is 0 Å². The maximum Gasteiger partial charge on any atom is 0.269 e. The van der Waals surface area contributed by atoms with Gasteiger partial charge in [0.15, 0.2) is 0 Å². The average Bonchev–Trinajstić information content (AvgIpc) is 2.92. The summed E-state index contributed by atoms with van der Waals surface area (Å²) in [5.74, 6) is 1.94. The highest BCUT2D eigenvalue weighted by atomic mass is 16.6. The van der Waals surface area contributed by atoms with E-state index in [4.69, 9.17) is 4.98 Å². The zero-order chi connectivity index (χ0) is 21.1. The number of anilines is 1. The van der Waals surface area contributed by atoms with Crippen molar-refractivity contribution in [3.05, 3.63) is 57.0 Å². The Balaban J connectivity index is 1.77. The molecule has 0 bridgehead atoms. The normalized spacial score (nSPS) is 14.8. The topological polar surface area (TPSA) is 92.5 Å². The second-order valence-corrected chi connectivity index (χ2v) is 7.68. The van der Waals surface area contributed by atoms with E-state index in [-0.39, 0.29) is 11.6 Å². The van der Waals surface area contributed by atoms with Crippen LogP contribution in [0.4, 0.5) is 11.5 Å². The lowest BCUT2D eigenvalue weighted by molar-refractivity contribution is -0.384. The SMILES string of the molecule is Cc1nc(C)c(C(C)C)c(N2CCCN(C(=O)c3ccc([N+](=O)[O-])cc3)CC2)n1. The van der Waals surface area contributed by atoms with Crippen LogP contribution >= 0.6 is 0 Å². The molecule has 0 N–H and O–H groups in total. The molecule has 8 nitrogen and oxygen atoms in total. The highest BCUT2D eigenvalue weighted by molar-refractivity contribution is 5.94. The van der Waals surface area contributed by atoms with Crippen molar-refractivity contribution in [2.24, 2.45) is 0 Å². The number of aryl methyl sites for hydroxylation is 2. The summed E-state index contributed by atoms with van der Waals surface area (Å²) in [6, 6.07) is 5.80. The number of nitro groups is 1. The van der Waals surface area contributed by atoms with Crippen molar-refractivity contribution in [3.63, 3.8) is 0 Å². The minimum atomic E-state index is -0.462. The molecular weight excluding hydrogens is 370 g/mol. The maximum absolute atomic E-state index is 12.9. The second-order valence-electron chi connectivity index (χ2n) is 7.68. The number of benzene rings is 1. The van der Waals surface area contributed by atoms with E-state index in [0.29, 0.717) is 31.1 Å². The molecule has 0 saturated carbocycles. The Labute approximate surface area is 170 Å². The third kappa shape index (κ3) is 4.52. The number of carbonyl (C=O) groups excluding carboxylic acids is 1. The lowest BCUT2D eigenvalue weighted by atomic mass is 10.0. The molecule has 1 saturated heterocycles. The molecule has 8 heteroatoms. The fourth-order valence-electron chi connectivity index (χ4n) is 3.86. The zero-order valence-electron chi connectivity index (χ0n) is 17.4. The molecule has 0 atom stereocenters. The first-order valence-corrected chi connectivity index (χ1v) is 9.91. The monoisotopic (exact) mass is 397 g/mol. The maximum atomic E-state index is 12.9. The molecule has 1 aromatic heterocycles. The average molecular weight is 397 g/mol. The van der Waals surface area contributed by atoms with Gasteiger partial charge in [-0.15, -0.1) is 0 Å². The van der Waals surface area contributed by atoms with Crippen LogP contribution in [0.3, 0.4) is 0 Å². The first kappa shape index (κ1) is 20.7. The van der Waals surface area contributed by atoms with Gasteiger partial charge >= 0.3 is 0 Å². The van der Waals surface area contributed by atoms with Crippen LogP contribution in [0.15, 0.2) is 24.3 Å². The molecule has 154 valence electrons. The molecule has 0 aliphatic carbocycles. The molecule has 2 heterocycles. The van der Waals surface area contributed by atoms with Crippen LogP contribution in [0.5, 0.6) is 0 Å². The minimum absolute atomic E-state index is 0.0145. The van der Waals surface area contributed by atoms with Crippen LogP contribution in [0.25, 0.3) is 0 Å². The lowest BCUT2D eigenvalue weighted by Crippen LogP contribution is -2.35. The Morgan fingerprint density at radius 3 is 2.38 bits per heavy atom. The van der Waals surface area contributed by atoms with Gasteiger partial charge in [-0.25, -0.2) is 9.97 Å². The molecule has 1 amide bonds. The van der Waals surface area contributed by atoms with Crippen LogP contribution in [0, 0.1) is 24.0 Å². The summed E-state index contributed by atoms with van der Waals surface area (Å²) < 4.78 is 0. The van der Waals surface area contributed by atoms with Crippen molar-refractivity contribution in [2.75, 3.05) is 31.1 Å². The van der Waals surface area contributed by atoms with Crippen molar-refractivity contribution in [1.82, 2.24) is 14.9 Å². The highest BCUT2D eigenvalue weighted by Gasteiger charge is 2.24. The summed E-state index contributed by atoms with van der Waals surface area (Å²) in [7, 11) is 0. The third-order valence-corrected chi connectivity index (χ3v) is 5.21. The Morgan fingerprint density at radius 2 is 1.76 bits per heavy atom. The highest BCUT2D eigenvalue weighted by Crippen LogP contribution is 2.29. The Hall–Kier alpha value is -3.03. The van der Waals surface area contributed by atoms with E-state index in [2.05, 4.69) is 23.7 Å². The van der Waals surface area contributed by atoms with Crippen LogP contribution in [0.1, 0.15) is 53.6 Å². The molecule has 2 aromatic rings. The minimum Gasteiger partial charge on any atom is -0.354 e. The number of nitro benzene ring substituents is 1. The van der Waals surface area contributed by atoms with E-state index < -0.39 is 4.92 Å². The van der Waals surface area contributed by atoms with E-state index in [1.54, 1.807) is 0 Å². The fourth-order valence-corrected chi connectivity index (χ4v) is 3.86. The number of non-ortho nitro benzene ring substituents is 1. The molecule has 1 aliphatic heterocycles. The van der Waals surface area contributed by atoms with Gasteiger partial charge in [0.2, 0.25) is 0 Å². The number of aromatic nitrogens is 2. The molecule has 0 radical (unpaired) electrons. The zero-order valence-corrected chi connectivity index (χ0v) is 17.4. The van der Waals surface area contributed by atoms with Gasteiger partial charge in [0.25, 0.3) is 11.6 Å². The van der Waals surface area contributed by atoms with Gasteiger partial charge in [0.1, 0.15) is 11.6 Å². The summed E-state index contributed by atoms with van der Waals surface area (Å²) >= 11 is 0. The second kappa shape index (κ2) is 8.55. The number of hydrogen-bond donors (Lipinski definition) is 0. The number of amides is 1. The van der Waals surface area contributed by atoms with E-state index >= 15 is 0 Å². The molecule has 3 rings (SSSR count). The molecule has 0 spiro atoms. The standard InChI is InChI=1S/C21H27N5O3/c1-14(2)19-15(3)22-16(4)23-20(19)24-10-5-11-25(13-12-24)21(27)17-6-8-18(9-7-17)26(28)29/h6-9,14H,5,10-13H2,1-4H3. The molecule has 1 aromatic carbocycles. The third-order valence-electron chi connectivity index (χ3n) is 5.21. The first-order valence-electron chi connectivity index (χ1n) is 9.91. The molecular formula is C21H27N5O3. The van der Waals surface area contributed by atoms with Crippen LogP contribution in [0.2, 0.25) is 0 Å². The van der Waals surface area contributed by atoms with Crippen molar-refractivity contribution in [1.29, 1.82) is 0 Å². The van der Waals surface area contributed by atoms with Gasteiger partial charge in [0, 0.05) is 55.1 Å². The van der Waals surface area contributed by atoms with Crippen molar-refractivity contribution in [3.8, 4) is 0 Å². The quantitative estimate of drug-likeness (QED) is 0.579. The molecule has 1 fully saturated rings. The lowest BCUT2D eigenvalue weighted by Gasteiger charge is -2.27. The van der Waals surface area contributed by atoms with Gasteiger partial charge < -0.3 is 9.80 Å². The Kier molecular flexibility index (Phi) is 6.10. The first-order chi connectivity index (χ1) is 13.8. The summed E-state index contributed by atoms with van der Waals surface area (Å²) in [4.78, 5) is 36.5. The van der Waals surface area contributed by atoms with E-state index in [1.165, 1.54) is 24.3 Å². The van der Waals surface area contributed by atoms with Crippen LogP contribution < -0.4 is 4.90 Å². The van der Waals surface area contributed by atoms with Crippen molar-refractivity contribution < 1.29 is 9.72 Å². The van der Waals surface area contributed by atoms with Crippen LogP contribution in [-0.2, 0) is 0 Å². The Morgan fingerprint density at radius 1 is 1.07 bits per heavy atom. The predicted molar refractivity (Wildman–Crippen MR) is 111 cm³/mol. The van der Waals surface area contributed by atoms with Gasteiger partial charge in [-0.3, -0.25) is 14.9 Å². The number of hydrogen-bond acceptors (Lipinski definition) is 6. The predicted octanol–water partition coefficient (Wildman–Crippen LogP) is 3.48. The molecule has 1 aliphatic rings. The fraction of sp³-hybridized carbons (Fsp3) is 0.476. The summed E-state index contributed by atoms with van der Waals surface area (Å²) in [5, 5.41) is 10.8. The van der Waals surface area contributed by atoms with Gasteiger partial charge in [0.05, 0.1) is 4.92 Å². The van der Waals surface area contributed by atoms with E-state index in [0.717, 1.165) is 35.9 Å². The summed E-state index contributed by atoms with van der Waals surface area (Å²) in [6.45, 7) is 11.0. The van der Waals surface area contributed by atoms with E-state index in [9.17, 15) is 14.9 Å². The number of nitrogens with zero attached hydrogens (tertiary/aromatic N) is 5. The Bertz CT molecular complexity index is 911. The summed E-state index contributed by atoms with van der Waals surface area (Å²) in [5.41, 5.74) is 2.62. The van der Waals surface area contributed by atoms with Crippen molar-refractivity contribution in [2.45, 2.75) is 40.0 Å². The number of rotatable bonds is 4. The smallest absolute Gasteiger partial charge is 0.269 e. The van der Waals surface area contributed by atoms with Crippen molar-refractivity contribution >= 4 is 17.4 Å². The molecule has 29 heavy (non-hydrogen) atoms. The van der Waals surface area contributed by atoms with Crippen LogP contribution in [-0.4, -0.2) is 51.9 Å². The van der Waals surface area contributed by atoms with Gasteiger partial charge in [-0.1, -0.05) is 13.8 Å². The van der Waals surface area contributed by atoms with E-state index in [1.807, 2.05) is 18.7 Å². The number of carbonyl (C=O) groups is 1. The largest absolute Gasteiger partial charge is 0.354 e. The van der Waals surface area contributed by atoms with Gasteiger partial charge in [-0.05, 0) is 38.3 Å². The summed E-state index contributed by atoms with van der Waals surface area (Å²) in [6.07, 6.45) is 0.832. The molecule has 0 unspecified atom stereocenters.